The molecule has 1 aliphatic heterocycles. The second kappa shape index (κ2) is 11.7. The van der Waals surface area contributed by atoms with Crippen LogP contribution in [0.4, 0.5) is 16.2 Å². The van der Waals surface area contributed by atoms with E-state index in [1.165, 1.54) is 0 Å². The smallest absolute Gasteiger partial charge is 0.323 e. The fourth-order valence-electron chi connectivity index (χ4n) is 3.77. The lowest BCUT2D eigenvalue weighted by Crippen LogP contribution is -2.30. The number of nitrogens with zero attached hydrogens (tertiary/aromatic N) is 3. The van der Waals surface area contributed by atoms with Gasteiger partial charge in [0.2, 0.25) is 0 Å². The van der Waals surface area contributed by atoms with Crippen LogP contribution in [0.15, 0.2) is 53.1 Å². The molecule has 0 spiro atoms. The van der Waals surface area contributed by atoms with E-state index in [9.17, 15) is 4.79 Å². The number of hydrogen-bond donors (Lipinski definition) is 2. The van der Waals surface area contributed by atoms with Crippen molar-refractivity contribution < 1.29 is 14.3 Å². The van der Waals surface area contributed by atoms with Gasteiger partial charge in [0.05, 0.1) is 23.0 Å². The van der Waals surface area contributed by atoms with Crippen molar-refractivity contribution in [2.75, 3.05) is 50.1 Å². The van der Waals surface area contributed by atoms with Crippen molar-refractivity contribution in [1.82, 2.24) is 14.7 Å². The number of carbonyl (C=O) groups is 1. The third-order valence-corrected chi connectivity index (χ3v) is 6.30. The molecule has 0 bridgehead atoms. The van der Waals surface area contributed by atoms with Crippen LogP contribution >= 0.6 is 27.5 Å². The maximum Gasteiger partial charge on any atom is 0.323 e. The number of halogens is 2. The van der Waals surface area contributed by atoms with Crippen molar-refractivity contribution >= 4 is 44.9 Å². The first-order valence-corrected chi connectivity index (χ1v) is 12.2. The largest absolute Gasteiger partial charge is 0.492 e. The summed E-state index contributed by atoms with van der Waals surface area (Å²) in [5, 5.41) is 10.6. The Bertz CT molecular complexity index is 1090. The number of hydrogen-bond acceptors (Lipinski definition) is 5. The Morgan fingerprint density at radius 1 is 1.15 bits per heavy atom. The van der Waals surface area contributed by atoms with E-state index < -0.39 is 0 Å². The molecule has 3 aromatic rings. The van der Waals surface area contributed by atoms with Crippen molar-refractivity contribution in [2.24, 2.45) is 7.05 Å². The Morgan fingerprint density at radius 2 is 1.91 bits per heavy atom. The van der Waals surface area contributed by atoms with Crippen LogP contribution in [0.5, 0.6) is 5.75 Å². The second-order valence-electron chi connectivity index (χ2n) is 7.92. The minimum Gasteiger partial charge on any atom is -0.492 e. The molecule has 1 saturated heterocycles. The van der Waals surface area contributed by atoms with Crippen molar-refractivity contribution in [3.05, 3.63) is 58.2 Å². The van der Waals surface area contributed by atoms with Crippen LogP contribution in [0.2, 0.25) is 5.02 Å². The summed E-state index contributed by atoms with van der Waals surface area (Å²) >= 11 is 9.49. The maximum absolute atomic E-state index is 12.5. The van der Waals surface area contributed by atoms with Crippen LogP contribution in [0.1, 0.15) is 6.42 Å². The molecule has 0 aliphatic carbocycles. The van der Waals surface area contributed by atoms with E-state index >= 15 is 0 Å². The molecule has 0 radical (unpaired) electrons. The zero-order valence-electron chi connectivity index (χ0n) is 18.9. The number of urea groups is 1. The Kier molecular flexibility index (Phi) is 8.44. The fraction of sp³-hybridized carbons (Fsp3) is 0.333. The lowest BCUT2D eigenvalue weighted by atomic mass is 10.1. The number of carbonyl (C=O) groups excluding carboxylic acids is 1. The van der Waals surface area contributed by atoms with Crippen LogP contribution in [0.3, 0.4) is 0 Å². The Morgan fingerprint density at radius 3 is 2.68 bits per heavy atom. The molecule has 0 unspecified atom stereocenters. The third-order valence-electron chi connectivity index (χ3n) is 5.47. The van der Waals surface area contributed by atoms with Crippen LogP contribution in [0.25, 0.3) is 11.3 Å². The molecular formula is C24H27BrClN5O3. The molecule has 10 heteroatoms. The zero-order valence-corrected chi connectivity index (χ0v) is 21.2. The van der Waals surface area contributed by atoms with E-state index in [0.717, 1.165) is 60.7 Å². The molecule has 4 rings (SSSR count). The van der Waals surface area contributed by atoms with E-state index in [-0.39, 0.29) is 6.03 Å². The van der Waals surface area contributed by atoms with Gasteiger partial charge in [-0.15, -0.1) is 0 Å². The van der Waals surface area contributed by atoms with Gasteiger partial charge in [0.25, 0.3) is 0 Å². The van der Waals surface area contributed by atoms with E-state index in [2.05, 4.69) is 36.6 Å². The summed E-state index contributed by atoms with van der Waals surface area (Å²) in [5.74, 6) is 0.721. The van der Waals surface area contributed by atoms with Crippen molar-refractivity contribution in [2.45, 2.75) is 6.42 Å². The minimum absolute atomic E-state index is 0.352. The number of aryl methyl sites for hydroxylation is 1. The molecule has 2 heterocycles. The van der Waals surface area contributed by atoms with Gasteiger partial charge in [-0.2, -0.15) is 5.10 Å². The number of ether oxygens (including phenoxy) is 2. The SMILES string of the molecule is Cn1ncc(Br)c1-c1cc(NC(=O)Nc2ccc(Cl)cc2)ccc1OCCN1CCCOCC1. The summed E-state index contributed by atoms with van der Waals surface area (Å²) in [5.41, 5.74) is 2.97. The fourth-order valence-corrected chi connectivity index (χ4v) is 4.45. The Balaban J connectivity index is 1.48. The summed E-state index contributed by atoms with van der Waals surface area (Å²) in [4.78, 5) is 14.9. The predicted octanol–water partition coefficient (Wildman–Crippen LogP) is 5.25. The lowest BCUT2D eigenvalue weighted by Gasteiger charge is -2.20. The summed E-state index contributed by atoms with van der Waals surface area (Å²) in [6.45, 7) is 4.86. The molecule has 2 amide bonds. The van der Waals surface area contributed by atoms with Crippen LogP contribution in [-0.2, 0) is 11.8 Å². The van der Waals surface area contributed by atoms with Gasteiger partial charge in [-0.1, -0.05) is 11.6 Å². The van der Waals surface area contributed by atoms with Gasteiger partial charge in [0.1, 0.15) is 12.4 Å². The first-order valence-electron chi connectivity index (χ1n) is 11.1. The van der Waals surface area contributed by atoms with Crippen LogP contribution in [-0.4, -0.2) is 60.2 Å². The third kappa shape index (κ3) is 6.50. The van der Waals surface area contributed by atoms with Gasteiger partial charge >= 0.3 is 6.03 Å². The van der Waals surface area contributed by atoms with Gasteiger partial charge < -0.3 is 20.1 Å². The summed E-state index contributed by atoms with van der Waals surface area (Å²) in [7, 11) is 1.87. The Labute approximate surface area is 212 Å². The summed E-state index contributed by atoms with van der Waals surface area (Å²) in [6, 6.07) is 12.2. The number of nitrogens with one attached hydrogen (secondary N) is 2. The summed E-state index contributed by atoms with van der Waals surface area (Å²) in [6.07, 6.45) is 2.77. The topological polar surface area (TPSA) is 80.7 Å². The minimum atomic E-state index is -0.352. The molecule has 8 nitrogen and oxygen atoms in total. The number of anilines is 2. The van der Waals surface area contributed by atoms with Gasteiger partial charge in [0, 0.05) is 55.2 Å². The molecule has 180 valence electrons. The van der Waals surface area contributed by atoms with Crippen molar-refractivity contribution in [1.29, 1.82) is 0 Å². The highest BCUT2D eigenvalue weighted by Crippen LogP contribution is 2.36. The zero-order chi connectivity index (χ0) is 23.9. The molecule has 0 atom stereocenters. The standard InChI is InChI=1S/C24H27BrClN5O3/c1-30-23(21(25)16-27-30)20-15-19(29-24(32)28-18-5-3-17(26)4-6-18)7-8-22(20)34-14-11-31-9-2-12-33-13-10-31/h3-8,15-16H,2,9-14H2,1H3,(H2,28,29,32). The van der Waals surface area contributed by atoms with E-state index in [4.69, 9.17) is 21.1 Å². The van der Waals surface area contributed by atoms with Crippen molar-refractivity contribution in [3.63, 3.8) is 0 Å². The highest BCUT2D eigenvalue weighted by molar-refractivity contribution is 9.10. The molecule has 2 aromatic carbocycles. The molecule has 1 aromatic heterocycles. The lowest BCUT2D eigenvalue weighted by molar-refractivity contribution is 0.137. The number of aromatic nitrogens is 2. The number of benzene rings is 2. The average Bonchev–Trinajstić information content (AvgIpc) is 2.99. The van der Waals surface area contributed by atoms with Gasteiger partial charge in [0.15, 0.2) is 0 Å². The first-order chi connectivity index (χ1) is 16.5. The van der Waals surface area contributed by atoms with Gasteiger partial charge in [-0.05, 0) is 64.8 Å². The monoisotopic (exact) mass is 547 g/mol. The Hall–Kier alpha value is -2.59. The average molecular weight is 549 g/mol. The highest BCUT2D eigenvalue weighted by atomic mass is 79.9. The molecule has 34 heavy (non-hydrogen) atoms. The summed E-state index contributed by atoms with van der Waals surface area (Å²) < 4.78 is 14.3. The predicted molar refractivity (Wildman–Crippen MR) is 138 cm³/mol. The van der Waals surface area contributed by atoms with Gasteiger partial charge in [-0.25, -0.2) is 4.79 Å². The number of amides is 2. The second-order valence-corrected chi connectivity index (χ2v) is 9.21. The quantitative estimate of drug-likeness (QED) is 0.422. The van der Waals surface area contributed by atoms with Crippen LogP contribution < -0.4 is 15.4 Å². The van der Waals surface area contributed by atoms with Gasteiger partial charge in [-0.3, -0.25) is 9.58 Å². The molecule has 1 aliphatic rings. The highest BCUT2D eigenvalue weighted by Gasteiger charge is 2.17. The van der Waals surface area contributed by atoms with E-state index in [1.54, 1.807) is 35.1 Å². The first kappa shape index (κ1) is 24.5. The van der Waals surface area contributed by atoms with Crippen molar-refractivity contribution in [3.8, 4) is 17.0 Å². The number of rotatable bonds is 7. The molecule has 0 saturated carbocycles. The molecular weight excluding hydrogens is 522 g/mol. The van der Waals surface area contributed by atoms with E-state index in [0.29, 0.717) is 23.0 Å². The van der Waals surface area contributed by atoms with E-state index in [1.807, 2.05) is 25.2 Å². The van der Waals surface area contributed by atoms with Crippen LogP contribution in [0, 0.1) is 0 Å². The molecule has 1 fully saturated rings. The maximum atomic E-state index is 12.5. The normalized spacial score (nSPS) is 14.4. The molecule has 2 N–H and O–H groups in total.